The lowest BCUT2D eigenvalue weighted by molar-refractivity contribution is 0.179. The number of nitrogens with one attached hydrogen (secondary N) is 1. The van der Waals surface area contributed by atoms with Crippen molar-refractivity contribution in [1.29, 1.82) is 0 Å². The fourth-order valence-corrected chi connectivity index (χ4v) is 1.91. The van der Waals surface area contributed by atoms with Crippen molar-refractivity contribution in [2.24, 2.45) is 10.7 Å². The first kappa shape index (κ1) is 17.3. The lowest BCUT2D eigenvalue weighted by Gasteiger charge is -2.18. The first-order valence-electron chi connectivity index (χ1n) is 7.34. The number of ether oxygens (including phenoxy) is 2. The van der Waals surface area contributed by atoms with Gasteiger partial charge in [-0.3, -0.25) is 0 Å². The number of methoxy groups -OCH3 is 1. The van der Waals surface area contributed by atoms with E-state index in [9.17, 15) is 0 Å². The van der Waals surface area contributed by atoms with E-state index in [-0.39, 0.29) is 12.1 Å². The number of guanidine groups is 1. The van der Waals surface area contributed by atoms with Gasteiger partial charge >= 0.3 is 0 Å². The van der Waals surface area contributed by atoms with Crippen LogP contribution < -0.4 is 15.8 Å². The van der Waals surface area contributed by atoms with E-state index in [1.54, 1.807) is 7.11 Å². The first-order chi connectivity index (χ1) is 10.1. The van der Waals surface area contributed by atoms with Gasteiger partial charge in [0.15, 0.2) is 5.96 Å². The molecule has 0 radical (unpaired) electrons. The average Bonchev–Trinajstić information content (AvgIpc) is 2.45. The maximum absolute atomic E-state index is 5.98. The summed E-state index contributed by atoms with van der Waals surface area (Å²) in [5, 5.41) is 3.08. The second-order valence-electron chi connectivity index (χ2n) is 5.14. The smallest absolute Gasteiger partial charge is 0.189 e. The van der Waals surface area contributed by atoms with Gasteiger partial charge in [-0.15, -0.1) is 0 Å². The number of rotatable bonds is 8. The summed E-state index contributed by atoms with van der Waals surface area (Å²) in [6.07, 6.45) is 0.892. The third kappa shape index (κ3) is 6.49. The molecule has 3 N–H and O–H groups in total. The molecule has 5 nitrogen and oxygen atoms in total. The largest absolute Gasteiger partial charge is 0.488 e. The van der Waals surface area contributed by atoms with E-state index in [1.807, 2.05) is 38.1 Å². The number of hydrogen-bond acceptors (Lipinski definition) is 3. The van der Waals surface area contributed by atoms with E-state index < -0.39 is 0 Å². The zero-order chi connectivity index (χ0) is 15.7. The number of benzene rings is 1. The summed E-state index contributed by atoms with van der Waals surface area (Å²) in [4.78, 5) is 4.35. The summed E-state index contributed by atoms with van der Waals surface area (Å²) >= 11 is 0. The molecular weight excluding hydrogens is 266 g/mol. The molecule has 0 saturated heterocycles. The van der Waals surface area contributed by atoms with Crippen molar-refractivity contribution in [1.82, 2.24) is 5.32 Å². The Morgan fingerprint density at radius 3 is 2.71 bits per heavy atom. The second kappa shape index (κ2) is 9.23. The van der Waals surface area contributed by atoms with Crippen molar-refractivity contribution < 1.29 is 9.47 Å². The van der Waals surface area contributed by atoms with Gasteiger partial charge in [0, 0.05) is 13.2 Å². The number of hydrogen-bond donors (Lipinski definition) is 2. The van der Waals surface area contributed by atoms with Crippen molar-refractivity contribution in [2.75, 3.05) is 20.3 Å². The normalized spacial score (nSPS) is 14.6. The molecule has 118 valence electrons. The molecule has 0 spiro atoms. The van der Waals surface area contributed by atoms with Gasteiger partial charge in [0.25, 0.3) is 0 Å². The van der Waals surface area contributed by atoms with Crippen LogP contribution in [0.5, 0.6) is 5.75 Å². The molecule has 0 bridgehead atoms. The second-order valence-corrected chi connectivity index (χ2v) is 5.14. The third-order valence-electron chi connectivity index (χ3n) is 3.12. The molecule has 0 fully saturated rings. The molecule has 1 rings (SSSR count). The van der Waals surface area contributed by atoms with Gasteiger partial charge in [0.05, 0.1) is 13.2 Å². The lowest BCUT2D eigenvalue weighted by Crippen LogP contribution is -2.41. The number of nitrogens with zero attached hydrogens (tertiary/aromatic N) is 1. The fourth-order valence-electron chi connectivity index (χ4n) is 1.91. The van der Waals surface area contributed by atoms with Crippen LogP contribution in [0.2, 0.25) is 0 Å². The summed E-state index contributed by atoms with van der Waals surface area (Å²) in [5.74, 6) is 1.32. The number of para-hydroxylation sites is 1. The molecule has 0 aliphatic carbocycles. The Bertz CT molecular complexity index is 449. The van der Waals surface area contributed by atoms with E-state index in [1.165, 1.54) is 0 Å². The van der Waals surface area contributed by atoms with Crippen molar-refractivity contribution in [3.05, 3.63) is 29.8 Å². The highest BCUT2D eigenvalue weighted by atomic mass is 16.5. The van der Waals surface area contributed by atoms with Gasteiger partial charge in [-0.05, 0) is 31.9 Å². The van der Waals surface area contributed by atoms with E-state index in [2.05, 4.69) is 17.2 Å². The highest BCUT2D eigenvalue weighted by Gasteiger charge is 2.10. The summed E-state index contributed by atoms with van der Waals surface area (Å²) in [5.41, 5.74) is 6.98. The van der Waals surface area contributed by atoms with Crippen LogP contribution in [-0.4, -0.2) is 38.4 Å². The van der Waals surface area contributed by atoms with Crippen LogP contribution in [0.15, 0.2) is 29.3 Å². The standard InChI is InChI=1S/C16H27N3O2/c1-5-14(21-15-9-7-6-8-12(15)2)10-18-16(17)19-13(3)11-20-4/h6-9,13-14H,5,10-11H2,1-4H3,(H3,17,18,19). The van der Waals surface area contributed by atoms with Gasteiger partial charge in [-0.2, -0.15) is 0 Å². The summed E-state index contributed by atoms with van der Waals surface area (Å²) in [6.45, 7) is 7.23. The molecule has 2 unspecified atom stereocenters. The highest BCUT2D eigenvalue weighted by Crippen LogP contribution is 2.18. The van der Waals surface area contributed by atoms with Crippen molar-refractivity contribution in [3.8, 4) is 5.75 Å². The minimum atomic E-state index is 0.0178. The molecule has 1 aromatic rings. The van der Waals surface area contributed by atoms with E-state index in [4.69, 9.17) is 15.2 Å². The highest BCUT2D eigenvalue weighted by molar-refractivity contribution is 5.78. The van der Waals surface area contributed by atoms with Gasteiger partial charge in [-0.1, -0.05) is 25.1 Å². The van der Waals surface area contributed by atoms with Gasteiger partial charge in [0.1, 0.15) is 11.9 Å². The molecule has 0 amide bonds. The first-order valence-corrected chi connectivity index (χ1v) is 7.34. The SMILES string of the molecule is CCC(CN=C(N)NC(C)COC)Oc1ccccc1C. The zero-order valence-electron chi connectivity index (χ0n) is 13.4. The summed E-state index contributed by atoms with van der Waals surface area (Å²) in [7, 11) is 1.66. The maximum Gasteiger partial charge on any atom is 0.189 e. The Hall–Kier alpha value is -1.75. The average molecular weight is 293 g/mol. The lowest BCUT2D eigenvalue weighted by atomic mass is 10.2. The Balaban J connectivity index is 2.52. The number of aryl methyl sites for hydroxylation is 1. The molecule has 0 aromatic heterocycles. The van der Waals surface area contributed by atoms with Crippen molar-refractivity contribution >= 4 is 5.96 Å². The van der Waals surface area contributed by atoms with Gasteiger partial charge in [0.2, 0.25) is 0 Å². The molecule has 0 heterocycles. The van der Waals surface area contributed by atoms with Crippen LogP contribution in [0.1, 0.15) is 25.8 Å². The van der Waals surface area contributed by atoms with E-state index in [0.717, 1.165) is 17.7 Å². The number of nitrogens with two attached hydrogens (primary N) is 1. The molecule has 0 aliphatic heterocycles. The van der Waals surface area contributed by atoms with Crippen molar-refractivity contribution in [3.63, 3.8) is 0 Å². The summed E-state index contributed by atoms with van der Waals surface area (Å²) in [6, 6.07) is 8.12. The van der Waals surface area contributed by atoms with Crippen molar-refractivity contribution in [2.45, 2.75) is 39.3 Å². The van der Waals surface area contributed by atoms with Crippen LogP contribution in [0.4, 0.5) is 0 Å². The molecule has 21 heavy (non-hydrogen) atoms. The Kier molecular flexibility index (Phi) is 7.61. The quantitative estimate of drug-likeness (QED) is 0.569. The molecule has 5 heteroatoms. The molecule has 1 aromatic carbocycles. The van der Waals surface area contributed by atoms with Crippen LogP contribution in [0, 0.1) is 6.92 Å². The Morgan fingerprint density at radius 2 is 2.10 bits per heavy atom. The topological polar surface area (TPSA) is 68.9 Å². The minimum absolute atomic E-state index is 0.0178. The van der Waals surface area contributed by atoms with Crippen LogP contribution in [0.25, 0.3) is 0 Å². The summed E-state index contributed by atoms with van der Waals surface area (Å²) < 4.78 is 11.0. The molecule has 2 atom stereocenters. The monoisotopic (exact) mass is 293 g/mol. The maximum atomic E-state index is 5.98. The predicted octanol–water partition coefficient (Wildman–Crippen LogP) is 2.09. The van der Waals surface area contributed by atoms with E-state index >= 15 is 0 Å². The minimum Gasteiger partial charge on any atom is -0.488 e. The zero-order valence-corrected chi connectivity index (χ0v) is 13.4. The molecule has 0 aliphatic rings. The molecular formula is C16H27N3O2. The van der Waals surface area contributed by atoms with Crippen LogP contribution in [-0.2, 0) is 4.74 Å². The van der Waals surface area contributed by atoms with Crippen LogP contribution >= 0.6 is 0 Å². The third-order valence-corrected chi connectivity index (χ3v) is 3.12. The Labute approximate surface area is 127 Å². The van der Waals surface area contributed by atoms with E-state index in [0.29, 0.717) is 19.1 Å². The fraction of sp³-hybridized carbons (Fsp3) is 0.562. The van der Waals surface area contributed by atoms with Gasteiger partial charge in [-0.25, -0.2) is 4.99 Å². The predicted molar refractivity (Wildman–Crippen MR) is 86.8 cm³/mol. The van der Waals surface area contributed by atoms with Crippen LogP contribution in [0.3, 0.4) is 0 Å². The molecule has 0 saturated carbocycles. The number of aliphatic imine (C=N–C) groups is 1. The Morgan fingerprint density at radius 1 is 1.38 bits per heavy atom. The van der Waals surface area contributed by atoms with Gasteiger partial charge < -0.3 is 20.5 Å².